The number of amides is 1. The van der Waals surface area contributed by atoms with E-state index in [1.54, 1.807) is 17.0 Å². The molecule has 0 bridgehead atoms. The molecule has 1 aromatic rings. The number of rotatable bonds is 7. The number of ether oxygens (including phenoxy) is 1. The van der Waals surface area contributed by atoms with E-state index in [-0.39, 0.29) is 24.8 Å². The molecule has 1 saturated heterocycles. The predicted octanol–water partition coefficient (Wildman–Crippen LogP) is 2.86. The number of benzene rings is 1. The number of piperidine rings is 1. The standard InChI is InChI=1S/C21H31FN2O3/c1-27-18-8-9-19(22)17(12-18)14-24-11-5-10-21(26,20(24)25)15-23-13-16-6-3-2-4-7-16/h8-9,12,16,23,26H,2-7,10-11,13-15H2,1H3/t21-/m0/s1. The third-order valence-corrected chi connectivity index (χ3v) is 5.89. The predicted molar refractivity (Wildman–Crippen MR) is 102 cm³/mol. The molecule has 1 amide bonds. The van der Waals surface area contributed by atoms with E-state index < -0.39 is 5.60 Å². The normalized spacial score (nSPS) is 24.3. The van der Waals surface area contributed by atoms with Gasteiger partial charge in [0.1, 0.15) is 11.6 Å². The summed E-state index contributed by atoms with van der Waals surface area (Å²) < 4.78 is 19.3. The summed E-state index contributed by atoms with van der Waals surface area (Å²) >= 11 is 0. The smallest absolute Gasteiger partial charge is 0.256 e. The second-order valence-electron chi connectivity index (χ2n) is 7.95. The molecule has 1 saturated carbocycles. The van der Waals surface area contributed by atoms with Crippen molar-refractivity contribution in [2.24, 2.45) is 5.92 Å². The number of aliphatic hydroxyl groups is 1. The number of hydrogen-bond donors (Lipinski definition) is 2. The molecule has 1 heterocycles. The number of carbonyl (C=O) groups excluding carboxylic acids is 1. The van der Waals surface area contributed by atoms with E-state index in [9.17, 15) is 14.3 Å². The lowest BCUT2D eigenvalue weighted by Gasteiger charge is -2.38. The summed E-state index contributed by atoms with van der Waals surface area (Å²) in [4.78, 5) is 14.4. The molecule has 5 nitrogen and oxygen atoms in total. The molecule has 0 radical (unpaired) electrons. The highest BCUT2D eigenvalue weighted by Gasteiger charge is 2.42. The number of methoxy groups -OCH3 is 1. The Kier molecular flexibility index (Phi) is 6.71. The van der Waals surface area contributed by atoms with Gasteiger partial charge in [-0.15, -0.1) is 0 Å². The van der Waals surface area contributed by atoms with Gasteiger partial charge < -0.3 is 20.1 Å². The Labute approximate surface area is 160 Å². The summed E-state index contributed by atoms with van der Waals surface area (Å²) in [5, 5.41) is 14.2. The van der Waals surface area contributed by atoms with Crippen LogP contribution in [0.25, 0.3) is 0 Å². The minimum Gasteiger partial charge on any atom is -0.497 e. The van der Waals surface area contributed by atoms with Crippen LogP contribution in [0, 0.1) is 11.7 Å². The lowest BCUT2D eigenvalue weighted by Crippen LogP contribution is -2.58. The van der Waals surface area contributed by atoms with Gasteiger partial charge in [0, 0.05) is 25.2 Å². The SMILES string of the molecule is COc1ccc(F)c(CN2CCC[C@](O)(CNCC3CCCCC3)C2=O)c1. The maximum Gasteiger partial charge on any atom is 0.256 e. The highest BCUT2D eigenvalue weighted by molar-refractivity contribution is 5.86. The van der Waals surface area contributed by atoms with Crippen LogP contribution in [0.5, 0.6) is 5.75 Å². The van der Waals surface area contributed by atoms with Crippen LogP contribution in [-0.2, 0) is 11.3 Å². The van der Waals surface area contributed by atoms with E-state index in [0.29, 0.717) is 36.6 Å². The van der Waals surface area contributed by atoms with Crippen molar-refractivity contribution in [2.75, 3.05) is 26.7 Å². The zero-order chi connectivity index (χ0) is 19.3. The number of hydrogen-bond acceptors (Lipinski definition) is 4. The van der Waals surface area contributed by atoms with Gasteiger partial charge in [-0.2, -0.15) is 0 Å². The molecular weight excluding hydrogens is 347 g/mol. The summed E-state index contributed by atoms with van der Waals surface area (Å²) in [5.41, 5.74) is -0.996. The van der Waals surface area contributed by atoms with E-state index in [1.165, 1.54) is 45.3 Å². The number of likely N-dealkylation sites (tertiary alicyclic amines) is 1. The minimum atomic E-state index is -1.40. The highest BCUT2D eigenvalue weighted by Crippen LogP contribution is 2.27. The Hall–Kier alpha value is -1.66. The molecule has 1 aromatic carbocycles. The van der Waals surface area contributed by atoms with Crippen molar-refractivity contribution < 1.29 is 19.0 Å². The highest BCUT2D eigenvalue weighted by atomic mass is 19.1. The van der Waals surface area contributed by atoms with Crippen molar-refractivity contribution in [2.45, 2.75) is 57.1 Å². The third-order valence-electron chi connectivity index (χ3n) is 5.89. The average Bonchev–Trinajstić information content (AvgIpc) is 2.68. The van der Waals surface area contributed by atoms with Crippen LogP contribution in [0.2, 0.25) is 0 Å². The van der Waals surface area contributed by atoms with Crippen molar-refractivity contribution in [1.82, 2.24) is 10.2 Å². The van der Waals surface area contributed by atoms with Crippen LogP contribution < -0.4 is 10.1 Å². The summed E-state index contributed by atoms with van der Waals surface area (Å²) in [5.74, 6) is 0.517. The number of halogens is 1. The molecule has 0 unspecified atom stereocenters. The van der Waals surface area contributed by atoms with Crippen LogP contribution in [0.4, 0.5) is 4.39 Å². The lowest BCUT2D eigenvalue weighted by atomic mass is 9.88. The first-order valence-corrected chi connectivity index (χ1v) is 10.1. The maximum absolute atomic E-state index is 14.1. The zero-order valence-electron chi connectivity index (χ0n) is 16.2. The molecule has 0 aromatic heterocycles. The number of carbonyl (C=O) groups is 1. The molecule has 2 aliphatic rings. The molecule has 1 aliphatic heterocycles. The quantitative estimate of drug-likeness (QED) is 0.766. The molecular formula is C21H31FN2O3. The molecule has 1 aliphatic carbocycles. The van der Waals surface area contributed by atoms with Gasteiger partial charge in [0.15, 0.2) is 5.60 Å². The third kappa shape index (κ3) is 4.99. The average molecular weight is 378 g/mol. The summed E-state index contributed by atoms with van der Waals surface area (Å²) in [6.45, 7) is 1.78. The van der Waals surface area contributed by atoms with E-state index in [4.69, 9.17) is 4.74 Å². The number of nitrogens with zero attached hydrogens (tertiary/aromatic N) is 1. The van der Waals surface area contributed by atoms with Crippen molar-refractivity contribution >= 4 is 5.91 Å². The number of nitrogens with one attached hydrogen (secondary N) is 1. The topological polar surface area (TPSA) is 61.8 Å². The lowest BCUT2D eigenvalue weighted by molar-refractivity contribution is -0.157. The van der Waals surface area contributed by atoms with Crippen LogP contribution in [-0.4, -0.2) is 48.3 Å². The fourth-order valence-corrected chi connectivity index (χ4v) is 4.26. The van der Waals surface area contributed by atoms with Gasteiger partial charge in [-0.1, -0.05) is 19.3 Å². The molecule has 2 fully saturated rings. The summed E-state index contributed by atoms with van der Waals surface area (Å²) in [6.07, 6.45) is 7.46. The van der Waals surface area contributed by atoms with Gasteiger partial charge in [0.2, 0.25) is 0 Å². The molecule has 1 atom stereocenters. The molecule has 6 heteroatoms. The Morgan fingerprint density at radius 1 is 1.30 bits per heavy atom. The van der Waals surface area contributed by atoms with E-state index in [0.717, 1.165) is 6.54 Å². The first kappa shape index (κ1) is 20.1. The monoisotopic (exact) mass is 378 g/mol. The molecule has 3 rings (SSSR count). The Bertz CT molecular complexity index is 648. The largest absolute Gasteiger partial charge is 0.497 e. The summed E-state index contributed by atoms with van der Waals surface area (Å²) in [7, 11) is 1.53. The van der Waals surface area contributed by atoms with E-state index in [1.807, 2.05) is 0 Å². The Morgan fingerprint density at radius 3 is 2.81 bits per heavy atom. The summed E-state index contributed by atoms with van der Waals surface area (Å²) in [6, 6.07) is 4.51. The van der Waals surface area contributed by atoms with E-state index in [2.05, 4.69) is 5.32 Å². The Morgan fingerprint density at radius 2 is 2.07 bits per heavy atom. The van der Waals surface area contributed by atoms with Crippen molar-refractivity contribution in [3.63, 3.8) is 0 Å². The first-order valence-electron chi connectivity index (χ1n) is 10.1. The second-order valence-corrected chi connectivity index (χ2v) is 7.95. The van der Waals surface area contributed by atoms with E-state index >= 15 is 0 Å². The first-order chi connectivity index (χ1) is 13.0. The fourth-order valence-electron chi connectivity index (χ4n) is 4.26. The second kappa shape index (κ2) is 9.02. The van der Waals surface area contributed by atoms with Crippen LogP contribution in [0.1, 0.15) is 50.5 Å². The zero-order valence-corrected chi connectivity index (χ0v) is 16.2. The van der Waals surface area contributed by atoms with Crippen LogP contribution in [0.3, 0.4) is 0 Å². The molecule has 2 N–H and O–H groups in total. The molecule has 27 heavy (non-hydrogen) atoms. The van der Waals surface area contributed by atoms with Crippen LogP contribution >= 0.6 is 0 Å². The van der Waals surface area contributed by atoms with Crippen LogP contribution in [0.15, 0.2) is 18.2 Å². The molecule has 150 valence electrons. The van der Waals surface area contributed by atoms with Gasteiger partial charge >= 0.3 is 0 Å². The van der Waals surface area contributed by atoms with Crippen molar-refractivity contribution in [1.29, 1.82) is 0 Å². The van der Waals surface area contributed by atoms with Crippen molar-refractivity contribution in [3.8, 4) is 5.75 Å². The fraction of sp³-hybridized carbons (Fsp3) is 0.667. The van der Waals surface area contributed by atoms with Gasteiger partial charge in [-0.3, -0.25) is 4.79 Å². The van der Waals surface area contributed by atoms with Gasteiger partial charge in [0.05, 0.1) is 7.11 Å². The van der Waals surface area contributed by atoms with Gasteiger partial charge in [-0.25, -0.2) is 4.39 Å². The minimum absolute atomic E-state index is 0.146. The molecule has 0 spiro atoms. The maximum atomic E-state index is 14.1. The Balaban J connectivity index is 1.59. The van der Waals surface area contributed by atoms with Crippen molar-refractivity contribution in [3.05, 3.63) is 29.6 Å². The van der Waals surface area contributed by atoms with Gasteiger partial charge in [-0.05, 0) is 56.3 Å². The van der Waals surface area contributed by atoms with Gasteiger partial charge in [0.25, 0.3) is 5.91 Å².